The minimum absolute atomic E-state index is 0.0217. The number of benzene rings is 1. The first-order valence-electron chi connectivity index (χ1n) is 7.49. The standard InChI is InChI=1S/C16H18F3N3O/c1-9-7-22(8-10(2)20-9)11-3-4-14-12(5-11)13(16(17,18)19)6-15(23)21-14/h3-6,9-10,20H,7-8H2,1-2H3,(H,21,23)/t9-,10+. The van der Waals surface area contributed by atoms with Crippen LogP contribution in [0.1, 0.15) is 19.4 Å². The van der Waals surface area contributed by atoms with E-state index in [1.54, 1.807) is 12.1 Å². The number of piperazine rings is 1. The highest BCUT2D eigenvalue weighted by Crippen LogP contribution is 2.35. The number of anilines is 1. The Hall–Kier alpha value is -2.02. The van der Waals surface area contributed by atoms with Gasteiger partial charge in [-0.3, -0.25) is 4.79 Å². The summed E-state index contributed by atoms with van der Waals surface area (Å²) < 4.78 is 39.7. The summed E-state index contributed by atoms with van der Waals surface area (Å²) in [5.41, 5.74) is -0.712. The number of hydrogen-bond donors (Lipinski definition) is 2. The molecule has 1 aromatic heterocycles. The van der Waals surface area contributed by atoms with Gasteiger partial charge in [0.1, 0.15) is 0 Å². The van der Waals surface area contributed by atoms with E-state index in [0.717, 1.165) is 18.8 Å². The third-order valence-electron chi connectivity index (χ3n) is 4.05. The number of aromatic nitrogens is 1. The van der Waals surface area contributed by atoms with Crippen LogP contribution < -0.4 is 15.8 Å². The van der Waals surface area contributed by atoms with Crippen molar-refractivity contribution in [3.05, 3.63) is 40.2 Å². The fourth-order valence-electron chi connectivity index (χ4n) is 3.21. The van der Waals surface area contributed by atoms with Gasteiger partial charge in [-0.05, 0) is 32.0 Å². The summed E-state index contributed by atoms with van der Waals surface area (Å²) in [4.78, 5) is 16.0. The van der Waals surface area contributed by atoms with Gasteiger partial charge in [-0.25, -0.2) is 0 Å². The van der Waals surface area contributed by atoms with Crippen LogP contribution in [0.4, 0.5) is 18.9 Å². The highest BCUT2D eigenvalue weighted by atomic mass is 19.4. The largest absolute Gasteiger partial charge is 0.417 e. The number of H-pyrrole nitrogens is 1. The number of halogens is 3. The molecule has 23 heavy (non-hydrogen) atoms. The molecule has 1 aliphatic rings. The van der Waals surface area contributed by atoms with Crippen LogP contribution in [-0.2, 0) is 6.18 Å². The van der Waals surface area contributed by atoms with Crippen molar-refractivity contribution < 1.29 is 13.2 Å². The molecule has 7 heteroatoms. The molecule has 0 unspecified atom stereocenters. The van der Waals surface area contributed by atoms with Crippen molar-refractivity contribution in [2.75, 3.05) is 18.0 Å². The molecule has 124 valence electrons. The summed E-state index contributed by atoms with van der Waals surface area (Å²) in [7, 11) is 0. The van der Waals surface area contributed by atoms with Crippen LogP contribution in [0.5, 0.6) is 0 Å². The molecule has 1 fully saturated rings. The van der Waals surface area contributed by atoms with Crippen LogP contribution in [0.15, 0.2) is 29.1 Å². The zero-order valence-electron chi connectivity index (χ0n) is 12.9. The van der Waals surface area contributed by atoms with Crippen LogP contribution in [-0.4, -0.2) is 30.2 Å². The van der Waals surface area contributed by atoms with Crippen molar-refractivity contribution in [3.8, 4) is 0 Å². The highest BCUT2D eigenvalue weighted by Gasteiger charge is 2.33. The van der Waals surface area contributed by atoms with E-state index in [1.165, 1.54) is 6.07 Å². The number of pyridine rings is 1. The van der Waals surface area contributed by atoms with E-state index in [1.807, 2.05) is 13.8 Å². The molecule has 0 saturated carbocycles. The van der Waals surface area contributed by atoms with Crippen LogP contribution in [0.2, 0.25) is 0 Å². The van der Waals surface area contributed by atoms with Gasteiger partial charge < -0.3 is 15.2 Å². The molecular weight excluding hydrogens is 307 g/mol. The Balaban J connectivity index is 2.11. The predicted molar refractivity (Wildman–Crippen MR) is 83.8 cm³/mol. The first-order valence-corrected chi connectivity index (χ1v) is 7.49. The lowest BCUT2D eigenvalue weighted by molar-refractivity contribution is -0.136. The van der Waals surface area contributed by atoms with Gasteiger partial charge in [0, 0.05) is 47.8 Å². The average Bonchev–Trinajstić information content (AvgIpc) is 2.43. The number of alkyl halides is 3. The third-order valence-corrected chi connectivity index (χ3v) is 4.05. The Morgan fingerprint density at radius 3 is 2.39 bits per heavy atom. The van der Waals surface area contributed by atoms with Gasteiger partial charge in [-0.15, -0.1) is 0 Å². The second kappa shape index (κ2) is 5.56. The quantitative estimate of drug-likeness (QED) is 0.847. The van der Waals surface area contributed by atoms with Crippen LogP contribution in [0.25, 0.3) is 10.9 Å². The molecule has 1 aliphatic heterocycles. The molecule has 0 spiro atoms. The summed E-state index contributed by atoms with van der Waals surface area (Å²) in [6.45, 7) is 5.53. The second-order valence-electron chi connectivity index (χ2n) is 6.15. The van der Waals surface area contributed by atoms with Crippen molar-refractivity contribution in [1.82, 2.24) is 10.3 Å². The Kier molecular flexibility index (Phi) is 3.83. The number of nitrogens with zero attached hydrogens (tertiary/aromatic N) is 1. The molecule has 2 N–H and O–H groups in total. The molecule has 4 nitrogen and oxygen atoms in total. The zero-order chi connectivity index (χ0) is 16.8. The van der Waals surface area contributed by atoms with E-state index >= 15 is 0 Å². The van der Waals surface area contributed by atoms with E-state index in [-0.39, 0.29) is 23.0 Å². The van der Waals surface area contributed by atoms with Gasteiger partial charge in [-0.1, -0.05) is 0 Å². The summed E-state index contributed by atoms with van der Waals surface area (Å²) in [5, 5.41) is 3.41. The molecular formula is C16H18F3N3O. The molecule has 2 aromatic rings. The van der Waals surface area contributed by atoms with Crippen molar-refractivity contribution in [1.29, 1.82) is 0 Å². The maximum atomic E-state index is 13.2. The van der Waals surface area contributed by atoms with Gasteiger partial charge >= 0.3 is 6.18 Å². The van der Waals surface area contributed by atoms with Crippen LogP contribution in [0.3, 0.4) is 0 Å². The summed E-state index contributed by atoms with van der Waals surface area (Å²) >= 11 is 0. The lowest BCUT2D eigenvalue weighted by Gasteiger charge is -2.37. The highest BCUT2D eigenvalue weighted by molar-refractivity contribution is 5.86. The molecule has 0 amide bonds. The zero-order valence-corrected chi connectivity index (χ0v) is 12.9. The lowest BCUT2D eigenvalue weighted by atomic mass is 10.1. The van der Waals surface area contributed by atoms with Gasteiger partial charge in [-0.2, -0.15) is 13.2 Å². The Labute approximate surface area is 131 Å². The molecule has 0 aliphatic carbocycles. The molecule has 2 atom stereocenters. The first-order chi connectivity index (χ1) is 10.7. The summed E-state index contributed by atoms with van der Waals surface area (Å²) in [5.74, 6) is 0. The van der Waals surface area contributed by atoms with Gasteiger partial charge in [0.15, 0.2) is 0 Å². The smallest absolute Gasteiger partial charge is 0.368 e. The molecule has 3 rings (SSSR count). The maximum Gasteiger partial charge on any atom is 0.417 e. The van der Waals surface area contributed by atoms with Crippen molar-refractivity contribution >= 4 is 16.6 Å². The van der Waals surface area contributed by atoms with E-state index in [0.29, 0.717) is 6.07 Å². The van der Waals surface area contributed by atoms with Gasteiger partial charge in [0.05, 0.1) is 5.56 Å². The normalized spacial score (nSPS) is 22.6. The van der Waals surface area contributed by atoms with E-state index in [9.17, 15) is 18.0 Å². The van der Waals surface area contributed by atoms with Gasteiger partial charge in [0.2, 0.25) is 5.56 Å². The van der Waals surface area contributed by atoms with Gasteiger partial charge in [0.25, 0.3) is 0 Å². The fourth-order valence-corrected chi connectivity index (χ4v) is 3.21. The minimum Gasteiger partial charge on any atom is -0.368 e. The maximum absolute atomic E-state index is 13.2. The first kappa shape index (κ1) is 15.9. The second-order valence-corrected chi connectivity index (χ2v) is 6.15. The Morgan fingerprint density at radius 2 is 1.78 bits per heavy atom. The average molecular weight is 325 g/mol. The molecule has 1 saturated heterocycles. The predicted octanol–water partition coefficient (Wildman–Crippen LogP) is 2.73. The fraction of sp³-hybridized carbons (Fsp3) is 0.438. The Morgan fingerprint density at radius 1 is 1.13 bits per heavy atom. The number of aromatic amines is 1. The van der Waals surface area contributed by atoms with Crippen molar-refractivity contribution in [3.63, 3.8) is 0 Å². The summed E-state index contributed by atoms with van der Waals surface area (Å²) in [6, 6.07) is 5.94. The van der Waals surface area contributed by atoms with Crippen LogP contribution >= 0.6 is 0 Å². The Bertz CT molecular complexity index is 774. The van der Waals surface area contributed by atoms with Crippen molar-refractivity contribution in [2.45, 2.75) is 32.1 Å². The number of fused-ring (bicyclic) bond motifs is 1. The molecule has 0 radical (unpaired) electrons. The SMILES string of the molecule is C[C@@H]1CN(c2ccc3[nH]c(=O)cc(C(F)(F)F)c3c2)C[C@H](C)N1. The lowest BCUT2D eigenvalue weighted by Crippen LogP contribution is -2.54. The number of hydrogen-bond acceptors (Lipinski definition) is 3. The number of nitrogens with one attached hydrogen (secondary N) is 2. The van der Waals surface area contributed by atoms with Crippen molar-refractivity contribution in [2.24, 2.45) is 0 Å². The molecule has 1 aromatic carbocycles. The number of rotatable bonds is 1. The topological polar surface area (TPSA) is 48.1 Å². The third kappa shape index (κ3) is 3.19. The molecule has 0 bridgehead atoms. The van der Waals surface area contributed by atoms with E-state index in [2.05, 4.69) is 15.2 Å². The van der Waals surface area contributed by atoms with Crippen LogP contribution in [0, 0.1) is 0 Å². The van der Waals surface area contributed by atoms with E-state index < -0.39 is 17.3 Å². The minimum atomic E-state index is -4.56. The molecule has 2 heterocycles. The summed E-state index contributed by atoms with van der Waals surface area (Å²) in [6.07, 6.45) is -4.56. The van der Waals surface area contributed by atoms with E-state index in [4.69, 9.17) is 0 Å². The monoisotopic (exact) mass is 325 g/mol.